The van der Waals surface area contributed by atoms with Crippen molar-refractivity contribution in [3.8, 4) is 11.3 Å². The molecule has 1 aromatic carbocycles. The van der Waals surface area contributed by atoms with Crippen LogP contribution in [0.1, 0.15) is 5.56 Å². The minimum atomic E-state index is -2.02. The second kappa shape index (κ2) is 4.42. The topological polar surface area (TPSA) is 55.9 Å². The van der Waals surface area contributed by atoms with Crippen molar-refractivity contribution in [2.24, 2.45) is 0 Å². The molecule has 1 atom stereocenters. The number of H-pyrrole nitrogens is 1. The van der Waals surface area contributed by atoms with Crippen LogP contribution in [0.5, 0.6) is 0 Å². The maximum atomic E-state index is 10.5. The van der Waals surface area contributed by atoms with Crippen molar-refractivity contribution in [2.45, 2.75) is 5.75 Å². The van der Waals surface area contributed by atoms with Crippen LogP contribution in [0, 0.1) is 0 Å². The van der Waals surface area contributed by atoms with E-state index in [-0.39, 0.29) is 5.75 Å². The zero-order chi connectivity index (χ0) is 10.7. The lowest BCUT2D eigenvalue weighted by Gasteiger charge is -2.05. The van der Waals surface area contributed by atoms with E-state index in [1.807, 2.05) is 42.6 Å². The first-order valence-corrected chi connectivity index (χ1v) is 5.78. The smallest absolute Gasteiger partial charge is 0.0453 e. The van der Waals surface area contributed by atoms with Crippen LogP contribution in [0.2, 0.25) is 0 Å². The van der Waals surface area contributed by atoms with Gasteiger partial charge in [0.25, 0.3) is 0 Å². The lowest BCUT2D eigenvalue weighted by atomic mass is 10.1. The van der Waals surface area contributed by atoms with Gasteiger partial charge in [0, 0.05) is 17.6 Å². The Morgan fingerprint density at radius 2 is 1.93 bits per heavy atom. The van der Waals surface area contributed by atoms with E-state index >= 15 is 0 Å². The van der Waals surface area contributed by atoms with Crippen LogP contribution in [-0.4, -0.2) is 13.7 Å². The van der Waals surface area contributed by atoms with E-state index in [0.717, 1.165) is 16.8 Å². The van der Waals surface area contributed by atoms with Crippen molar-refractivity contribution in [2.75, 3.05) is 0 Å². The Morgan fingerprint density at radius 1 is 1.20 bits per heavy atom. The monoisotopic (exact) mass is 220 g/mol. The predicted molar refractivity (Wildman–Crippen MR) is 58.9 cm³/mol. The van der Waals surface area contributed by atoms with E-state index in [9.17, 15) is 8.76 Å². The van der Waals surface area contributed by atoms with Gasteiger partial charge < -0.3 is 9.54 Å². The molecule has 0 aliphatic carbocycles. The van der Waals surface area contributed by atoms with Crippen LogP contribution in [0.15, 0.2) is 42.6 Å². The van der Waals surface area contributed by atoms with E-state index in [0.29, 0.717) is 0 Å². The van der Waals surface area contributed by atoms with Gasteiger partial charge in [-0.15, -0.1) is 0 Å². The quantitative estimate of drug-likeness (QED) is 0.805. The maximum Gasteiger partial charge on any atom is 0.0453 e. The molecular weight excluding hydrogens is 210 g/mol. The molecule has 0 amide bonds. The molecule has 0 saturated heterocycles. The summed E-state index contributed by atoms with van der Waals surface area (Å²) < 4.78 is 21.0. The van der Waals surface area contributed by atoms with Gasteiger partial charge in [-0.3, -0.25) is 4.21 Å². The van der Waals surface area contributed by atoms with E-state index in [2.05, 4.69) is 4.98 Å². The first kappa shape index (κ1) is 10.1. The summed E-state index contributed by atoms with van der Waals surface area (Å²) in [5.41, 5.74) is 2.89. The van der Waals surface area contributed by atoms with E-state index in [1.165, 1.54) is 0 Å². The first-order valence-electron chi connectivity index (χ1n) is 4.54. The molecular formula is C11H10NO2S-. The SMILES string of the molecule is O=S([O-])Cc1ccc(-c2ccc[nH]2)cc1. The third kappa shape index (κ3) is 2.55. The fourth-order valence-electron chi connectivity index (χ4n) is 1.43. The van der Waals surface area contributed by atoms with Crippen molar-refractivity contribution < 1.29 is 8.76 Å². The molecule has 4 heteroatoms. The maximum absolute atomic E-state index is 10.5. The van der Waals surface area contributed by atoms with E-state index < -0.39 is 11.1 Å². The number of hydrogen-bond donors (Lipinski definition) is 1. The highest BCUT2D eigenvalue weighted by molar-refractivity contribution is 7.78. The number of aromatic nitrogens is 1. The Labute approximate surface area is 90.4 Å². The highest BCUT2D eigenvalue weighted by atomic mass is 32.2. The predicted octanol–water partition coefficient (Wildman–Crippen LogP) is 2.06. The van der Waals surface area contributed by atoms with Gasteiger partial charge in [0.15, 0.2) is 0 Å². The zero-order valence-electron chi connectivity index (χ0n) is 7.97. The van der Waals surface area contributed by atoms with Crippen molar-refractivity contribution in [1.29, 1.82) is 0 Å². The average Bonchev–Trinajstić information content (AvgIpc) is 2.71. The van der Waals surface area contributed by atoms with Crippen molar-refractivity contribution in [3.05, 3.63) is 48.2 Å². The Morgan fingerprint density at radius 3 is 2.47 bits per heavy atom. The highest BCUT2D eigenvalue weighted by Crippen LogP contribution is 2.17. The molecule has 1 unspecified atom stereocenters. The summed E-state index contributed by atoms with van der Waals surface area (Å²) >= 11 is -2.02. The Balaban J connectivity index is 2.21. The van der Waals surface area contributed by atoms with Crippen LogP contribution in [-0.2, 0) is 16.8 Å². The standard InChI is InChI=1S/C11H11NO2S/c13-15(14)8-9-3-5-10(6-4-9)11-2-1-7-12-11/h1-7,12H,8H2,(H,13,14)/p-1. The lowest BCUT2D eigenvalue weighted by Crippen LogP contribution is -1.92. The van der Waals surface area contributed by atoms with E-state index in [4.69, 9.17) is 0 Å². The summed E-state index contributed by atoms with van der Waals surface area (Å²) in [4.78, 5) is 3.09. The minimum Gasteiger partial charge on any atom is -0.772 e. The summed E-state index contributed by atoms with van der Waals surface area (Å²) in [6.07, 6.45) is 1.86. The fourth-order valence-corrected chi connectivity index (χ4v) is 1.89. The molecule has 0 spiro atoms. The lowest BCUT2D eigenvalue weighted by molar-refractivity contribution is 0.536. The second-order valence-corrected chi connectivity index (χ2v) is 4.12. The molecule has 1 aromatic heterocycles. The molecule has 1 N–H and O–H groups in total. The molecule has 0 aliphatic rings. The van der Waals surface area contributed by atoms with Gasteiger partial charge in [-0.1, -0.05) is 35.3 Å². The number of hydrogen-bond acceptors (Lipinski definition) is 2. The summed E-state index contributed by atoms with van der Waals surface area (Å²) in [6.45, 7) is 0. The third-order valence-corrected chi connectivity index (χ3v) is 2.72. The van der Waals surface area contributed by atoms with Gasteiger partial charge in [0.05, 0.1) is 0 Å². The van der Waals surface area contributed by atoms with Gasteiger partial charge in [-0.2, -0.15) is 0 Å². The Kier molecular flexibility index (Phi) is 2.99. The van der Waals surface area contributed by atoms with Gasteiger partial charge in [0.1, 0.15) is 0 Å². The van der Waals surface area contributed by atoms with E-state index in [1.54, 1.807) is 0 Å². The van der Waals surface area contributed by atoms with Crippen molar-refractivity contribution in [1.82, 2.24) is 4.98 Å². The number of nitrogens with one attached hydrogen (secondary N) is 1. The summed E-state index contributed by atoms with van der Waals surface area (Å²) in [5, 5.41) is 0. The summed E-state index contributed by atoms with van der Waals surface area (Å²) in [7, 11) is 0. The van der Waals surface area contributed by atoms with Crippen LogP contribution < -0.4 is 0 Å². The molecule has 0 radical (unpaired) electrons. The molecule has 15 heavy (non-hydrogen) atoms. The third-order valence-electron chi connectivity index (χ3n) is 2.15. The van der Waals surface area contributed by atoms with Crippen LogP contribution in [0.25, 0.3) is 11.3 Å². The van der Waals surface area contributed by atoms with Crippen LogP contribution >= 0.6 is 0 Å². The van der Waals surface area contributed by atoms with Gasteiger partial charge in [0.2, 0.25) is 0 Å². The molecule has 0 aliphatic heterocycles. The number of benzene rings is 1. The Hall–Kier alpha value is -1.39. The van der Waals surface area contributed by atoms with Crippen molar-refractivity contribution in [3.63, 3.8) is 0 Å². The number of aromatic amines is 1. The van der Waals surface area contributed by atoms with Crippen molar-refractivity contribution >= 4 is 11.1 Å². The van der Waals surface area contributed by atoms with Crippen LogP contribution in [0.4, 0.5) is 0 Å². The molecule has 3 nitrogen and oxygen atoms in total. The minimum absolute atomic E-state index is 0.0744. The number of rotatable bonds is 3. The summed E-state index contributed by atoms with van der Waals surface area (Å²) in [6, 6.07) is 11.4. The average molecular weight is 220 g/mol. The molecule has 0 saturated carbocycles. The van der Waals surface area contributed by atoms with Gasteiger partial charge in [-0.05, 0) is 23.3 Å². The van der Waals surface area contributed by atoms with Gasteiger partial charge in [-0.25, -0.2) is 0 Å². The molecule has 78 valence electrons. The molecule has 0 fully saturated rings. The van der Waals surface area contributed by atoms with Gasteiger partial charge >= 0.3 is 0 Å². The first-order chi connectivity index (χ1) is 7.25. The molecule has 1 heterocycles. The second-order valence-electron chi connectivity index (χ2n) is 3.23. The zero-order valence-corrected chi connectivity index (χ0v) is 8.79. The van der Waals surface area contributed by atoms with Crippen LogP contribution in [0.3, 0.4) is 0 Å². The largest absolute Gasteiger partial charge is 0.772 e. The fraction of sp³-hybridized carbons (Fsp3) is 0.0909. The molecule has 0 bridgehead atoms. The normalized spacial score (nSPS) is 12.6. The Bertz CT molecular complexity index is 448. The molecule has 2 aromatic rings. The highest BCUT2D eigenvalue weighted by Gasteiger charge is 1.98. The molecule has 2 rings (SSSR count). The summed E-state index contributed by atoms with van der Waals surface area (Å²) in [5.74, 6) is 0.0744.